The van der Waals surface area contributed by atoms with Gasteiger partial charge in [0.1, 0.15) is 4.88 Å². The highest BCUT2D eigenvalue weighted by atomic mass is 32.1. The van der Waals surface area contributed by atoms with Crippen LogP contribution in [0.1, 0.15) is 29.1 Å². The first-order chi connectivity index (χ1) is 9.15. The molecular weight excluding hydrogens is 260 g/mol. The molecule has 3 N–H and O–H groups in total. The van der Waals surface area contributed by atoms with E-state index in [1.807, 2.05) is 11.4 Å². The third kappa shape index (κ3) is 5.88. The van der Waals surface area contributed by atoms with Gasteiger partial charge in [-0.2, -0.15) is 0 Å². The third-order valence-corrected chi connectivity index (χ3v) is 3.09. The molecular formula is C14H20N2O2S. The van der Waals surface area contributed by atoms with Crippen LogP contribution < -0.4 is 11.1 Å². The van der Waals surface area contributed by atoms with Gasteiger partial charge in [-0.15, -0.1) is 11.3 Å². The Bertz CT molecular complexity index is 458. The van der Waals surface area contributed by atoms with E-state index in [9.17, 15) is 4.79 Å². The Morgan fingerprint density at radius 3 is 3.05 bits per heavy atom. The maximum Gasteiger partial charge on any atom is 0.262 e. The van der Waals surface area contributed by atoms with Crippen molar-refractivity contribution in [2.24, 2.45) is 11.7 Å². The second-order valence-electron chi connectivity index (χ2n) is 4.39. The van der Waals surface area contributed by atoms with Crippen molar-refractivity contribution < 1.29 is 9.53 Å². The predicted molar refractivity (Wildman–Crippen MR) is 78.2 cm³/mol. The first-order valence-electron chi connectivity index (χ1n) is 6.27. The summed E-state index contributed by atoms with van der Waals surface area (Å²) in [5.41, 5.74) is 6.05. The summed E-state index contributed by atoms with van der Waals surface area (Å²) in [6.07, 6.45) is 0. The van der Waals surface area contributed by atoms with E-state index in [1.165, 1.54) is 11.3 Å². The molecule has 0 aliphatic rings. The van der Waals surface area contributed by atoms with Crippen LogP contribution >= 0.6 is 11.3 Å². The van der Waals surface area contributed by atoms with E-state index in [0.29, 0.717) is 37.1 Å². The topological polar surface area (TPSA) is 64.3 Å². The van der Waals surface area contributed by atoms with Crippen molar-refractivity contribution in [2.45, 2.75) is 13.8 Å². The molecule has 0 aromatic carbocycles. The van der Waals surface area contributed by atoms with Gasteiger partial charge in [0.2, 0.25) is 0 Å². The largest absolute Gasteiger partial charge is 0.379 e. The Morgan fingerprint density at radius 1 is 1.58 bits per heavy atom. The van der Waals surface area contributed by atoms with Crippen molar-refractivity contribution >= 4 is 17.2 Å². The number of amides is 1. The van der Waals surface area contributed by atoms with Gasteiger partial charge in [0.15, 0.2) is 0 Å². The fourth-order valence-electron chi connectivity index (χ4n) is 1.37. The predicted octanol–water partition coefficient (Wildman–Crippen LogP) is 1.46. The second kappa shape index (κ2) is 8.70. The maximum atomic E-state index is 11.9. The molecule has 0 spiro atoms. The minimum Gasteiger partial charge on any atom is -0.379 e. The Balaban J connectivity index is 2.39. The van der Waals surface area contributed by atoms with Gasteiger partial charge >= 0.3 is 0 Å². The first kappa shape index (κ1) is 15.7. The summed E-state index contributed by atoms with van der Waals surface area (Å²) in [4.78, 5) is 12.6. The monoisotopic (exact) mass is 280 g/mol. The highest BCUT2D eigenvalue weighted by molar-refractivity contribution is 7.12. The summed E-state index contributed by atoms with van der Waals surface area (Å²) in [5, 5.41) is 4.67. The zero-order chi connectivity index (χ0) is 14.1. The summed E-state index contributed by atoms with van der Waals surface area (Å²) >= 11 is 1.38. The molecule has 1 heterocycles. The number of hydrogen-bond acceptors (Lipinski definition) is 4. The molecule has 1 aromatic heterocycles. The van der Waals surface area contributed by atoms with Gasteiger partial charge in [-0.05, 0) is 17.4 Å². The lowest BCUT2D eigenvalue weighted by Gasteiger charge is -2.07. The molecule has 0 aliphatic carbocycles. The van der Waals surface area contributed by atoms with Crippen LogP contribution in [0, 0.1) is 17.8 Å². The number of ether oxygens (including phenoxy) is 1. The summed E-state index contributed by atoms with van der Waals surface area (Å²) in [5.74, 6) is 6.05. The molecule has 19 heavy (non-hydrogen) atoms. The highest BCUT2D eigenvalue weighted by Gasteiger charge is 2.11. The molecule has 0 unspecified atom stereocenters. The Labute approximate surface area is 118 Å². The number of nitrogens with two attached hydrogens (primary N) is 1. The number of thiophene rings is 1. The molecule has 4 nitrogen and oxygen atoms in total. The first-order valence-corrected chi connectivity index (χ1v) is 7.15. The molecule has 0 bridgehead atoms. The third-order valence-electron chi connectivity index (χ3n) is 2.18. The second-order valence-corrected chi connectivity index (χ2v) is 5.31. The minimum absolute atomic E-state index is 0.107. The molecule has 5 heteroatoms. The molecule has 104 valence electrons. The maximum absolute atomic E-state index is 11.9. The van der Waals surface area contributed by atoms with Gasteiger partial charge in [-0.3, -0.25) is 4.79 Å². The number of carbonyl (C=O) groups is 1. The minimum atomic E-state index is -0.107. The summed E-state index contributed by atoms with van der Waals surface area (Å²) in [6, 6.07) is 1.83. The van der Waals surface area contributed by atoms with Gasteiger partial charge < -0.3 is 15.8 Å². The van der Waals surface area contributed by atoms with Crippen LogP contribution in [0.15, 0.2) is 11.4 Å². The number of hydrogen-bond donors (Lipinski definition) is 2. The summed E-state index contributed by atoms with van der Waals surface area (Å²) < 4.78 is 5.40. The van der Waals surface area contributed by atoms with Crippen molar-refractivity contribution in [3.8, 4) is 11.8 Å². The molecule has 0 atom stereocenters. The van der Waals surface area contributed by atoms with Crippen LogP contribution in [-0.2, 0) is 4.74 Å². The smallest absolute Gasteiger partial charge is 0.262 e. The van der Waals surface area contributed by atoms with Crippen molar-refractivity contribution in [3.05, 3.63) is 21.9 Å². The molecule has 1 aromatic rings. The average Bonchev–Trinajstić information content (AvgIpc) is 2.83. The molecule has 0 aliphatic heterocycles. The lowest BCUT2D eigenvalue weighted by atomic mass is 10.2. The number of nitrogens with one attached hydrogen (secondary N) is 1. The summed E-state index contributed by atoms with van der Waals surface area (Å²) in [6.45, 7) is 6.22. The highest BCUT2D eigenvalue weighted by Crippen LogP contribution is 2.15. The average molecular weight is 280 g/mol. The number of rotatable bonds is 6. The van der Waals surface area contributed by atoms with E-state index in [2.05, 4.69) is 31.0 Å². The van der Waals surface area contributed by atoms with Crippen LogP contribution in [0.3, 0.4) is 0 Å². The van der Waals surface area contributed by atoms with Gasteiger partial charge in [-0.1, -0.05) is 25.7 Å². The SMILES string of the molecule is CC(C)COCCNC(=O)c1sccc1C#CCN. The molecule has 0 saturated heterocycles. The molecule has 0 saturated carbocycles. The van der Waals surface area contributed by atoms with Crippen molar-refractivity contribution in [1.29, 1.82) is 0 Å². The van der Waals surface area contributed by atoms with Crippen LogP contribution in [0.25, 0.3) is 0 Å². The van der Waals surface area contributed by atoms with E-state index in [0.717, 1.165) is 5.56 Å². The molecule has 0 fully saturated rings. The normalized spacial score (nSPS) is 10.1. The van der Waals surface area contributed by atoms with E-state index < -0.39 is 0 Å². The van der Waals surface area contributed by atoms with Crippen LogP contribution in [0.2, 0.25) is 0 Å². The molecule has 1 rings (SSSR count). The van der Waals surface area contributed by atoms with Crippen molar-refractivity contribution in [1.82, 2.24) is 5.32 Å². The fourth-order valence-corrected chi connectivity index (χ4v) is 2.13. The van der Waals surface area contributed by atoms with Crippen LogP contribution in [0.5, 0.6) is 0 Å². The molecule has 1 amide bonds. The van der Waals surface area contributed by atoms with Gasteiger partial charge in [-0.25, -0.2) is 0 Å². The lowest BCUT2D eigenvalue weighted by Crippen LogP contribution is -2.27. The van der Waals surface area contributed by atoms with E-state index >= 15 is 0 Å². The zero-order valence-corrected chi connectivity index (χ0v) is 12.2. The van der Waals surface area contributed by atoms with Crippen LogP contribution in [0.4, 0.5) is 0 Å². The van der Waals surface area contributed by atoms with E-state index in [4.69, 9.17) is 10.5 Å². The van der Waals surface area contributed by atoms with Gasteiger partial charge in [0, 0.05) is 18.7 Å². The van der Waals surface area contributed by atoms with E-state index in [-0.39, 0.29) is 5.91 Å². The lowest BCUT2D eigenvalue weighted by molar-refractivity contribution is 0.0889. The summed E-state index contributed by atoms with van der Waals surface area (Å²) in [7, 11) is 0. The van der Waals surface area contributed by atoms with Gasteiger partial charge in [0.25, 0.3) is 5.91 Å². The van der Waals surface area contributed by atoms with Crippen molar-refractivity contribution in [3.63, 3.8) is 0 Å². The van der Waals surface area contributed by atoms with E-state index in [1.54, 1.807) is 0 Å². The van der Waals surface area contributed by atoms with Gasteiger partial charge in [0.05, 0.1) is 13.2 Å². The standard InChI is InChI=1S/C14H20N2O2S/c1-11(2)10-18-8-7-16-14(17)13-12(4-3-6-15)5-9-19-13/h5,9,11H,6-8,10,15H2,1-2H3,(H,16,17). The van der Waals surface area contributed by atoms with Crippen LogP contribution in [-0.4, -0.2) is 32.2 Å². The Morgan fingerprint density at radius 2 is 2.37 bits per heavy atom. The number of carbonyl (C=O) groups excluding carboxylic acids is 1. The molecule has 0 radical (unpaired) electrons. The fraction of sp³-hybridized carbons (Fsp3) is 0.500. The Hall–Kier alpha value is -1.35. The quantitative estimate of drug-likeness (QED) is 0.612. The van der Waals surface area contributed by atoms with Crippen molar-refractivity contribution in [2.75, 3.05) is 26.3 Å². The zero-order valence-electron chi connectivity index (χ0n) is 11.4. The Kier molecular flexibility index (Phi) is 7.19.